The first-order valence-electron chi connectivity index (χ1n) is 6.70. The Labute approximate surface area is 115 Å². The lowest BCUT2D eigenvalue weighted by Gasteiger charge is -2.26. The van der Waals surface area contributed by atoms with Crippen molar-refractivity contribution in [2.75, 3.05) is 24.3 Å². The summed E-state index contributed by atoms with van der Waals surface area (Å²) < 4.78 is 22.9. The molecule has 1 aliphatic rings. The molecule has 4 nitrogen and oxygen atoms in total. The van der Waals surface area contributed by atoms with Gasteiger partial charge >= 0.3 is 0 Å². The minimum atomic E-state index is -3.12. The third-order valence-electron chi connectivity index (χ3n) is 3.67. The van der Waals surface area contributed by atoms with Crippen LogP contribution in [-0.2, 0) is 9.84 Å². The van der Waals surface area contributed by atoms with Gasteiger partial charge in [0.1, 0.15) is 0 Å². The van der Waals surface area contributed by atoms with E-state index in [0.29, 0.717) is 10.9 Å². The number of hydrogen-bond acceptors (Lipinski definition) is 4. The molecule has 5 heteroatoms. The first-order valence-corrected chi connectivity index (χ1v) is 8.59. The maximum absolute atomic E-state index is 11.4. The third kappa shape index (κ3) is 3.48. The summed E-state index contributed by atoms with van der Waals surface area (Å²) in [5, 5.41) is 8.92. The smallest absolute Gasteiger partial charge is 0.175 e. The Kier molecular flexibility index (Phi) is 4.47. The minimum absolute atomic E-state index is 0.233. The first kappa shape index (κ1) is 14.3. The fraction of sp³-hybridized carbons (Fsp3) is 0.571. The number of aliphatic hydroxyl groups is 1. The van der Waals surface area contributed by atoms with Gasteiger partial charge in [0.05, 0.1) is 4.90 Å². The maximum atomic E-state index is 11.4. The maximum Gasteiger partial charge on any atom is 0.175 e. The molecule has 1 heterocycles. The van der Waals surface area contributed by atoms with Crippen molar-refractivity contribution < 1.29 is 13.5 Å². The van der Waals surface area contributed by atoms with Crippen LogP contribution in [-0.4, -0.2) is 39.0 Å². The lowest BCUT2D eigenvalue weighted by Crippen LogP contribution is -2.29. The molecule has 2 rings (SSSR count). The number of sulfone groups is 1. The second-order valence-corrected chi connectivity index (χ2v) is 7.14. The van der Waals surface area contributed by atoms with Gasteiger partial charge in [0.2, 0.25) is 0 Å². The van der Waals surface area contributed by atoms with Crippen LogP contribution in [0.1, 0.15) is 25.7 Å². The Morgan fingerprint density at radius 3 is 2.58 bits per heavy atom. The van der Waals surface area contributed by atoms with Crippen LogP contribution < -0.4 is 4.90 Å². The highest BCUT2D eigenvalue weighted by molar-refractivity contribution is 7.90. The summed E-state index contributed by atoms with van der Waals surface area (Å²) in [5.74, 6) is 0. The fourth-order valence-corrected chi connectivity index (χ4v) is 3.32. The summed E-state index contributed by atoms with van der Waals surface area (Å²) in [4.78, 5) is 2.68. The Morgan fingerprint density at radius 2 is 2.00 bits per heavy atom. The van der Waals surface area contributed by atoms with E-state index in [9.17, 15) is 8.42 Å². The monoisotopic (exact) mass is 283 g/mol. The topological polar surface area (TPSA) is 57.6 Å². The molecule has 1 atom stereocenters. The zero-order valence-electron chi connectivity index (χ0n) is 11.2. The molecule has 1 aliphatic heterocycles. The Balaban J connectivity index is 2.13. The Hall–Kier alpha value is -1.07. The molecule has 1 aromatic rings. The Bertz CT molecular complexity index is 510. The van der Waals surface area contributed by atoms with Gasteiger partial charge in [-0.3, -0.25) is 0 Å². The number of benzene rings is 1. The predicted molar refractivity (Wildman–Crippen MR) is 76.2 cm³/mol. The summed E-state index contributed by atoms with van der Waals surface area (Å²) in [6.45, 7) is 1.24. The fourth-order valence-electron chi connectivity index (χ4n) is 2.69. The zero-order chi connectivity index (χ0) is 13.9. The lowest BCUT2D eigenvalue weighted by molar-refractivity contribution is 0.279. The van der Waals surface area contributed by atoms with E-state index in [2.05, 4.69) is 4.90 Å². The van der Waals surface area contributed by atoms with Gasteiger partial charge in [0.25, 0.3) is 0 Å². The largest absolute Gasteiger partial charge is 0.396 e. The van der Waals surface area contributed by atoms with E-state index in [1.165, 1.54) is 6.26 Å². The van der Waals surface area contributed by atoms with Crippen molar-refractivity contribution in [2.24, 2.45) is 0 Å². The molecular formula is C14H21NO3S. The van der Waals surface area contributed by atoms with Gasteiger partial charge in [-0.2, -0.15) is 0 Å². The standard InChI is InChI=1S/C14H21NO3S/c1-19(17,18)14-8-6-13(7-9-14)15-10-2-4-12(15)5-3-11-16/h6-9,12,16H,2-5,10-11H2,1H3. The van der Waals surface area contributed by atoms with Crippen molar-refractivity contribution in [1.29, 1.82) is 0 Å². The quantitative estimate of drug-likeness (QED) is 0.895. The van der Waals surface area contributed by atoms with Crippen LogP contribution in [0.15, 0.2) is 29.2 Å². The van der Waals surface area contributed by atoms with Crippen LogP contribution >= 0.6 is 0 Å². The van der Waals surface area contributed by atoms with Gasteiger partial charge in [0, 0.05) is 31.1 Å². The highest BCUT2D eigenvalue weighted by Gasteiger charge is 2.24. The van der Waals surface area contributed by atoms with E-state index >= 15 is 0 Å². The van der Waals surface area contributed by atoms with Crippen molar-refractivity contribution in [3.8, 4) is 0 Å². The van der Waals surface area contributed by atoms with E-state index in [-0.39, 0.29) is 6.61 Å². The van der Waals surface area contributed by atoms with Crippen molar-refractivity contribution in [3.63, 3.8) is 0 Å². The summed E-state index contributed by atoms with van der Waals surface area (Å²) in [5.41, 5.74) is 1.08. The molecule has 1 aromatic carbocycles. The molecule has 0 radical (unpaired) electrons. The van der Waals surface area contributed by atoms with Crippen molar-refractivity contribution in [3.05, 3.63) is 24.3 Å². The van der Waals surface area contributed by atoms with Crippen LogP contribution in [0.5, 0.6) is 0 Å². The Morgan fingerprint density at radius 1 is 1.32 bits per heavy atom. The molecule has 0 amide bonds. The highest BCUT2D eigenvalue weighted by Crippen LogP contribution is 2.28. The summed E-state index contributed by atoms with van der Waals surface area (Å²) in [7, 11) is -3.12. The second-order valence-electron chi connectivity index (χ2n) is 5.12. The molecule has 19 heavy (non-hydrogen) atoms. The molecule has 1 saturated heterocycles. The molecule has 0 aromatic heterocycles. The molecule has 0 spiro atoms. The first-order chi connectivity index (χ1) is 9.02. The molecule has 1 unspecified atom stereocenters. The SMILES string of the molecule is CS(=O)(=O)c1ccc(N2CCCC2CCCO)cc1. The molecule has 0 saturated carbocycles. The van der Waals surface area contributed by atoms with Crippen LogP contribution in [0.2, 0.25) is 0 Å². The molecule has 0 aliphatic carbocycles. The molecule has 1 fully saturated rings. The van der Waals surface area contributed by atoms with Crippen molar-refractivity contribution in [1.82, 2.24) is 0 Å². The van der Waals surface area contributed by atoms with Gasteiger partial charge in [0.15, 0.2) is 9.84 Å². The van der Waals surface area contributed by atoms with E-state index in [4.69, 9.17) is 5.11 Å². The number of nitrogens with zero attached hydrogens (tertiary/aromatic N) is 1. The molecule has 0 bridgehead atoms. The van der Waals surface area contributed by atoms with E-state index in [0.717, 1.165) is 37.9 Å². The average Bonchev–Trinajstić information content (AvgIpc) is 2.83. The molecule has 1 N–H and O–H groups in total. The zero-order valence-corrected chi connectivity index (χ0v) is 12.1. The predicted octanol–water partition coefficient (Wildman–Crippen LogP) is 1.83. The van der Waals surface area contributed by atoms with Crippen LogP contribution in [0, 0.1) is 0 Å². The second kappa shape index (κ2) is 5.92. The minimum Gasteiger partial charge on any atom is -0.396 e. The van der Waals surface area contributed by atoms with Crippen molar-refractivity contribution >= 4 is 15.5 Å². The van der Waals surface area contributed by atoms with Gasteiger partial charge in [-0.25, -0.2) is 8.42 Å². The normalized spacial score (nSPS) is 19.9. The van der Waals surface area contributed by atoms with E-state index < -0.39 is 9.84 Å². The highest BCUT2D eigenvalue weighted by atomic mass is 32.2. The van der Waals surface area contributed by atoms with Crippen LogP contribution in [0.25, 0.3) is 0 Å². The van der Waals surface area contributed by atoms with Gasteiger partial charge in [-0.05, 0) is 49.9 Å². The number of aliphatic hydroxyl groups excluding tert-OH is 1. The number of hydrogen-bond donors (Lipinski definition) is 1. The van der Waals surface area contributed by atoms with Crippen LogP contribution in [0.4, 0.5) is 5.69 Å². The number of rotatable bonds is 5. The molecular weight excluding hydrogens is 262 g/mol. The lowest BCUT2D eigenvalue weighted by atomic mass is 10.1. The van der Waals surface area contributed by atoms with Gasteiger partial charge < -0.3 is 10.0 Å². The summed E-state index contributed by atoms with van der Waals surface area (Å²) >= 11 is 0. The summed E-state index contributed by atoms with van der Waals surface area (Å²) in [6.07, 6.45) is 5.34. The summed E-state index contributed by atoms with van der Waals surface area (Å²) in [6, 6.07) is 7.58. The van der Waals surface area contributed by atoms with Crippen molar-refractivity contribution in [2.45, 2.75) is 36.6 Å². The van der Waals surface area contributed by atoms with Gasteiger partial charge in [-0.1, -0.05) is 0 Å². The van der Waals surface area contributed by atoms with Crippen LogP contribution in [0.3, 0.4) is 0 Å². The average molecular weight is 283 g/mol. The van der Waals surface area contributed by atoms with E-state index in [1.807, 2.05) is 12.1 Å². The number of anilines is 1. The van der Waals surface area contributed by atoms with Gasteiger partial charge in [-0.15, -0.1) is 0 Å². The third-order valence-corrected chi connectivity index (χ3v) is 4.80. The molecule has 106 valence electrons. The van der Waals surface area contributed by atoms with E-state index in [1.54, 1.807) is 12.1 Å².